The van der Waals surface area contributed by atoms with E-state index in [0.29, 0.717) is 39.1 Å². The van der Waals surface area contributed by atoms with Gasteiger partial charge >= 0.3 is 5.97 Å². The fraction of sp³-hybridized carbons (Fsp3) is 0.412. The standard InChI is InChI=1S/C17H21NO4/c1-2-9-22-10-3-4-16(19)18-8-7-13-5-6-14(17(20)21)11-15(13)12-18/h2,5-6,11H,1,3-4,7-10,12H2,(H,20,21). The maximum Gasteiger partial charge on any atom is 0.335 e. The summed E-state index contributed by atoms with van der Waals surface area (Å²) in [5.41, 5.74) is 2.33. The summed E-state index contributed by atoms with van der Waals surface area (Å²) in [5, 5.41) is 9.05. The van der Waals surface area contributed by atoms with Crippen molar-refractivity contribution in [2.45, 2.75) is 25.8 Å². The largest absolute Gasteiger partial charge is 0.478 e. The summed E-state index contributed by atoms with van der Waals surface area (Å²) in [4.78, 5) is 25.0. The number of carbonyl (C=O) groups is 2. The molecule has 1 N–H and O–H groups in total. The average Bonchev–Trinajstić information content (AvgIpc) is 2.53. The predicted molar refractivity (Wildman–Crippen MR) is 82.8 cm³/mol. The summed E-state index contributed by atoms with van der Waals surface area (Å²) in [6.07, 6.45) is 3.59. The molecular weight excluding hydrogens is 282 g/mol. The van der Waals surface area contributed by atoms with Crippen LogP contribution in [0.5, 0.6) is 0 Å². The second-order valence-electron chi connectivity index (χ2n) is 5.32. The Bertz CT molecular complexity index is 568. The molecule has 2 rings (SSSR count). The first-order valence-corrected chi connectivity index (χ1v) is 7.43. The number of amides is 1. The van der Waals surface area contributed by atoms with Crippen LogP contribution in [0.3, 0.4) is 0 Å². The second kappa shape index (κ2) is 7.75. The summed E-state index contributed by atoms with van der Waals surface area (Å²) in [6, 6.07) is 5.14. The van der Waals surface area contributed by atoms with Crippen LogP contribution >= 0.6 is 0 Å². The van der Waals surface area contributed by atoms with Gasteiger partial charge in [0.2, 0.25) is 5.91 Å². The SMILES string of the molecule is C=CCOCCCC(=O)N1CCc2ccc(C(=O)O)cc2C1. The maximum atomic E-state index is 12.2. The first-order chi connectivity index (χ1) is 10.6. The maximum absolute atomic E-state index is 12.2. The monoisotopic (exact) mass is 303 g/mol. The van der Waals surface area contributed by atoms with Crippen molar-refractivity contribution in [2.24, 2.45) is 0 Å². The Morgan fingerprint density at radius 3 is 2.91 bits per heavy atom. The summed E-state index contributed by atoms with van der Waals surface area (Å²) in [7, 11) is 0. The molecule has 0 fully saturated rings. The molecule has 1 aromatic carbocycles. The highest BCUT2D eigenvalue weighted by Crippen LogP contribution is 2.21. The third kappa shape index (κ3) is 4.18. The number of carboxylic acid groups (broad SMARTS) is 1. The summed E-state index contributed by atoms with van der Waals surface area (Å²) in [6.45, 7) is 5.79. The molecule has 0 aliphatic carbocycles. The number of rotatable bonds is 7. The first-order valence-electron chi connectivity index (χ1n) is 7.43. The predicted octanol–water partition coefficient (Wildman–Crippen LogP) is 2.25. The van der Waals surface area contributed by atoms with Gasteiger partial charge in [-0.05, 0) is 36.1 Å². The molecule has 0 bridgehead atoms. The third-order valence-corrected chi connectivity index (χ3v) is 3.73. The fourth-order valence-electron chi connectivity index (χ4n) is 2.55. The van der Waals surface area contributed by atoms with E-state index in [-0.39, 0.29) is 11.5 Å². The lowest BCUT2D eigenvalue weighted by atomic mass is 9.97. The zero-order chi connectivity index (χ0) is 15.9. The number of benzene rings is 1. The minimum Gasteiger partial charge on any atom is -0.478 e. The number of nitrogens with zero attached hydrogens (tertiary/aromatic N) is 1. The Labute approximate surface area is 130 Å². The number of hydrogen-bond donors (Lipinski definition) is 1. The molecule has 0 saturated heterocycles. The van der Waals surface area contributed by atoms with E-state index in [1.165, 1.54) is 0 Å². The zero-order valence-corrected chi connectivity index (χ0v) is 12.6. The van der Waals surface area contributed by atoms with Gasteiger partial charge in [0, 0.05) is 26.1 Å². The Hall–Kier alpha value is -2.14. The fourth-order valence-corrected chi connectivity index (χ4v) is 2.55. The van der Waals surface area contributed by atoms with E-state index in [9.17, 15) is 9.59 Å². The molecule has 0 spiro atoms. The van der Waals surface area contributed by atoms with Crippen LogP contribution in [0.15, 0.2) is 30.9 Å². The molecule has 1 aliphatic heterocycles. The number of hydrogen-bond acceptors (Lipinski definition) is 3. The number of ether oxygens (including phenoxy) is 1. The third-order valence-electron chi connectivity index (χ3n) is 3.73. The van der Waals surface area contributed by atoms with E-state index in [2.05, 4.69) is 6.58 Å². The highest BCUT2D eigenvalue weighted by Gasteiger charge is 2.21. The van der Waals surface area contributed by atoms with Gasteiger partial charge in [-0.25, -0.2) is 4.79 Å². The van der Waals surface area contributed by atoms with E-state index < -0.39 is 5.97 Å². The van der Waals surface area contributed by atoms with E-state index in [1.807, 2.05) is 6.07 Å². The topological polar surface area (TPSA) is 66.8 Å². The second-order valence-corrected chi connectivity index (χ2v) is 5.32. The van der Waals surface area contributed by atoms with Crippen LogP contribution in [0.25, 0.3) is 0 Å². The van der Waals surface area contributed by atoms with Crippen molar-refractivity contribution in [2.75, 3.05) is 19.8 Å². The average molecular weight is 303 g/mol. The molecule has 1 aliphatic rings. The van der Waals surface area contributed by atoms with Gasteiger partial charge in [0.05, 0.1) is 12.2 Å². The molecule has 0 atom stereocenters. The van der Waals surface area contributed by atoms with Crippen molar-refractivity contribution in [3.05, 3.63) is 47.5 Å². The van der Waals surface area contributed by atoms with Gasteiger partial charge < -0.3 is 14.7 Å². The van der Waals surface area contributed by atoms with Crippen LogP contribution in [0.1, 0.15) is 34.3 Å². The van der Waals surface area contributed by atoms with Gasteiger partial charge in [0.25, 0.3) is 0 Å². The lowest BCUT2D eigenvalue weighted by Crippen LogP contribution is -2.36. The molecule has 1 amide bonds. The van der Waals surface area contributed by atoms with Crippen molar-refractivity contribution in [1.82, 2.24) is 4.90 Å². The lowest BCUT2D eigenvalue weighted by molar-refractivity contribution is -0.132. The molecule has 0 saturated carbocycles. The smallest absolute Gasteiger partial charge is 0.335 e. The number of aromatic carboxylic acids is 1. The zero-order valence-electron chi connectivity index (χ0n) is 12.6. The van der Waals surface area contributed by atoms with E-state index >= 15 is 0 Å². The summed E-state index contributed by atoms with van der Waals surface area (Å²) < 4.78 is 5.26. The van der Waals surface area contributed by atoms with Crippen molar-refractivity contribution in [3.63, 3.8) is 0 Å². The Kier molecular flexibility index (Phi) is 5.72. The minimum atomic E-state index is -0.939. The molecule has 22 heavy (non-hydrogen) atoms. The van der Waals surface area contributed by atoms with Gasteiger partial charge in [-0.15, -0.1) is 6.58 Å². The normalized spacial score (nSPS) is 13.5. The van der Waals surface area contributed by atoms with Gasteiger partial charge in [0.15, 0.2) is 0 Å². The van der Waals surface area contributed by atoms with E-state index in [4.69, 9.17) is 9.84 Å². The van der Waals surface area contributed by atoms with Crippen molar-refractivity contribution in [1.29, 1.82) is 0 Å². The molecule has 0 radical (unpaired) electrons. The van der Waals surface area contributed by atoms with Gasteiger partial charge in [-0.3, -0.25) is 4.79 Å². The van der Waals surface area contributed by atoms with Crippen molar-refractivity contribution in [3.8, 4) is 0 Å². The van der Waals surface area contributed by atoms with Gasteiger partial charge in [0.1, 0.15) is 0 Å². The number of carbonyl (C=O) groups excluding carboxylic acids is 1. The van der Waals surface area contributed by atoms with Crippen LogP contribution in [0, 0.1) is 0 Å². The van der Waals surface area contributed by atoms with Crippen LogP contribution in [0.2, 0.25) is 0 Å². The molecule has 0 unspecified atom stereocenters. The van der Waals surface area contributed by atoms with E-state index in [0.717, 1.165) is 17.5 Å². The minimum absolute atomic E-state index is 0.0913. The highest BCUT2D eigenvalue weighted by molar-refractivity contribution is 5.88. The van der Waals surface area contributed by atoms with Crippen molar-refractivity contribution < 1.29 is 19.4 Å². The Morgan fingerprint density at radius 1 is 1.36 bits per heavy atom. The Morgan fingerprint density at radius 2 is 2.18 bits per heavy atom. The van der Waals surface area contributed by atoms with Gasteiger partial charge in [-0.1, -0.05) is 12.1 Å². The lowest BCUT2D eigenvalue weighted by Gasteiger charge is -2.29. The van der Waals surface area contributed by atoms with Crippen LogP contribution in [-0.2, 0) is 22.5 Å². The summed E-state index contributed by atoms with van der Waals surface area (Å²) >= 11 is 0. The highest BCUT2D eigenvalue weighted by atomic mass is 16.5. The van der Waals surface area contributed by atoms with Crippen molar-refractivity contribution >= 4 is 11.9 Å². The molecule has 118 valence electrons. The molecule has 5 nitrogen and oxygen atoms in total. The first kappa shape index (κ1) is 16.2. The van der Waals surface area contributed by atoms with E-state index in [1.54, 1.807) is 23.1 Å². The van der Waals surface area contributed by atoms with Crippen LogP contribution in [-0.4, -0.2) is 41.6 Å². The summed E-state index contributed by atoms with van der Waals surface area (Å²) in [5.74, 6) is -0.848. The molecule has 1 aromatic rings. The van der Waals surface area contributed by atoms with Gasteiger partial charge in [-0.2, -0.15) is 0 Å². The van der Waals surface area contributed by atoms with Crippen LogP contribution in [0.4, 0.5) is 0 Å². The number of fused-ring (bicyclic) bond motifs is 1. The van der Waals surface area contributed by atoms with Crippen LogP contribution < -0.4 is 0 Å². The quantitative estimate of drug-likeness (QED) is 0.620. The molecule has 1 heterocycles. The Balaban J connectivity index is 1.90. The molecule has 5 heteroatoms. The molecule has 0 aromatic heterocycles. The molecular formula is C17H21NO4. The number of carboxylic acids is 1.